The van der Waals surface area contributed by atoms with Crippen molar-refractivity contribution in [2.24, 2.45) is 29.1 Å². The highest BCUT2D eigenvalue weighted by atomic mass is 32.2. The second-order valence-corrected chi connectivity index (χ2v) is 18.3. The van der Waals surface area contributed by atoms with Gasteiger partial charge in [0, 0.05) is 54.6 Å². The molecule has 1 saturated heterocycles. The first-order valence-corrected chi connectivity index (χ1v) is 21.1. The maximum Gasteiger partial charge on any atom is 0.293 e. The van der Waals surface area contributed by atoms with Gasteiger partial charge in [0.25, 0.3) is 27.5 Å². The molecule has 288 valence electrons. The van der Waals surface area contributed by atoms with Crippen molar-refractivity contribution in [1.29, 1.82) is 0 Å². The summed E-state index contributed by atoms with van der Waals surface area (Å²) in [4.78, 5) is 42.7. The minimum atomic E-state index is -4.38. The highest BCUT2D eigenvalue weighted by Gasteiger charge is 2.58. The first-order valence-electron chi connectivity index (χ1n) is 19.7. The fourth-order valence-electron chi connectivity index (χ4n) is 9.90. The minimum Gasteiger partial charge on any atom is -0.379 e. The first kappa shape index (κ1) is 37.8. The molecule has 4 atom stereocenters. The molecule has 54 heavy (non-hydrogen) atoms. The number of nitro groups is 1. The van der Waals surface area contributed by atoms with Crippen molar-refractivity contribution in [3.8, 4) is 0 Å². The smallest absolute Gasteiger partial charge is 0.293 e. The van der Waals surface area contributed by atoms with Crippen LogP contribution in [0.25, 0.3) is 0 Å². The van der Waals surface area contributed by atoms with E-state index in [2.05, 4.69) is 40.6 Å². The molecule has 0 unspecified atom stereocenters. The van der Waals surface area contributed by atoms with Gasteiger partial charge in [-0.15, -0.1) is 0 Å². The van der Waals surface area contributed by atoms with Gasteiger partial charge in [-0.1, -0.05) is 58.2 Å². The zero-order valence-corrected chi connectivity index (χ0v) is 32.4. The number of nitrogens with one attached hydrogen (secondary N) is 2. The van der Waals surface area contributed by atoms with E-state index in [1.807, 2.05) is 42.5 Å². The van der Waals surface area contributed by atoms with E-state index >= 15 is 0 Å². The van der Waals surface area contributed by atoms with Crippen LogP contribution < -0.4 is 14.9 Å². The predicted octanol–water partition coefficient (Wildman–Crippen LogP) is 7.89. The molecule has 3 aromatic rings. The van der Waals surface area contributed by atoms with Crippen LogP contribution in [0.3, 0.4) is 0 Å². The molecule has 1 heterocycles. The van der Waals surface area contributed by atoms with Gasteiger partial charge >= 0.3 is 0 Å². The van der Waals surface area contributed by atoms with Crippen LogP contribution in [-0.2, 0) is 10.0 Å². The van der Waals surface area contributed by atoms with E-state index in [4.69, 9.17) is 0 Å². The Morgan fingerprint density at radius 2 is 1.59 bits per heavy atom. The van der Waals surface area contributed by atoms with Crippen LogP contribution in [0.5, 0.6) is 0 Å². The van der Waals surface area contributed by atoms with Gasteiger partial charge in [-0.2, -0.15) is 0 Å². The molecule has 0 radical (unpaired) electrons. The monoisotopic (exact) mass is 755 g/mol. The van der Waals surface area contributed by atoms with E-state index in [0.29, 0.717) is 35.6 Å². The minimum absolute atomic E-state index is 0.118. The number of rotatable bonds is 11. The van der Waals surface area contributed by atoms with Crippen molar-refractivity contribution in [3.05, 3.63) is 94.0 Å². The number of fused-ring (bicyclic) bond motifs is 2. The van der Waals surface area contributed by atoms with Gasteiger partial charge in [0.1, 0.15) is 5.69 Å². The summed E-state index contributed by atoms with van der Waals surface area (Å²) in [5.41, 5.74) is 2.04. The van der Waals surface area contributed by atoms with Crippen molar-refractivity contribution in [3.63, 3.8) is 0 Å². The standard InChI is InChI=1S/C42H53N5O6S/c1-28-36-24-32(42(36,2)3)25-38(28)46(41(49)31-12-8-5-9-13-31)34-20-22-45(23-21-34)33-16-14-30(15-17-33)40(48)44-54(52,53)35-18-19-37(39(26-35)47(50)51)43-27-29-10-6-4-7-11-29/h5,8-9,12-19,26,28-29,32,34,36,38,43H,4,6-7,10-11,20-25,27H2,1-3H3,(H,44,48)/t28-,32+,36-,38-/m0/s1. The molecule has 5 aliphatic rings. The molecule has 5 fully saturated rings. The number of amides is 2. The van der Waals surface area contributed by atoms with Crippen molar-refractivity contribution in [2.75, 3.05) is 29.9 Å². The molecule has 1 aliphatic heterocycles. The summed E-state index contributed by atoms with van der Waals surface area (Å²) in [5, 5.41) is 15.0. The van der Waals surface area contributed by atoms with Gasteiger partial charge in [-0.25, -0.2) is 13.1 Å². The van der Waals surface area contributed by atoms with Crippen molar-refractivity contribution < 1.29 is 22.9 Å². The Morgan fingerprint density at radius 3 is 2.22 bits per heavy atom. The lowest BCUT2D eigenvalue weighted by molar-refractivity contribution is -0.384. The van der Waals surface area contributed by atoms with Crippen LogP contribution in [-0.4, -0.2) is 61.8 Å². The van der Waals surface area contributed by atoms with E-state index < -0.39 is 20.9 Å². The number of sulfonamides is 1. The number of carbonyl (C=O) groups excluding carboxylic acids is 2. The third-order valence-electron chi connectivity index (χ3n) is 13.3. The Kier molecular flexibility index (Phi) is 10.8. The van der Waals surface area contributed by atoms with Crippen molar-refractivity contribution in [2.45, 2.75) is 95.5 Å². The number of nitrogens with zero attached hydrogens (tertiary/aromatic N) is 3. The largest absolute Gasteiger partial charge is 0.379 e. The molecule has 12 heteroatoms. The predicted molar refractivity (Wildman–Crippen MR) is 210 cm³/mol. The average Bonchev–Trinajstić information content (AvgIpc) is 3.18. The summed E-state index contributed by atoms with van der Waals surface area (Å²) in [5.74, 6) is 1.41. The molecule has 4 saturated carbocycles. The summed E-state index contributed by atoms with van der Waals surface area (Å²) in [6.07, 6.45) is 9.56. The topological polar surface area (TPSA) is 142 Å². The Morgan fingerprint density at radius 1 is 0.907 bits per heavy atom. The Hall–Kier alpha value is -4.45. The zero-order valence-electron chi connectivity index (χ0n) is 31.6. The molecular weight excluding hydrogens is 703 g/mol. The maximum atomic E-state index is 14.2. The third-order valence-corrected chi connectivity index (χ3v) is 14.6. The molecule has 0 aromatic heterocycles. The number of benzene rings is 3. The molecular formula is C42H53N5O6S. The number of hydrogen-bond donors (Lipinski definition) is 2. The van der Waals surface area contributed by atoms with E-state index in [0.717, 1.165) is 75.4 Å². The molecule has 11 nitrogen and oxygen atoms in total. The van der Waals surface area contributed by atoms with Gasteiger partial charge in [0.05, 0.1) is 9.82 Å². The van der Waals surface area contributed by atoms with E-state index in [-0.39, 0.29) is 39.8 Å². The summed E-state index contributed by atoms with van der Waals surface area (Å²) >= 11 is 0. The van der Waals surface area contributed by atoms with Crippen molar-refractivity contribution >= 4 is 38.9 Å². The van der Waals surface area contributed by atoms with Crippen molar-refractivity contribution in [1.82, 2.24) is 9.62 Å². The third kappa shape index (κ3) is 7.59. The van der Waals surface area contributed by atoms with E-state index in [1.165, 1.54) is 25.0 Å². The van der Waals surface area contributed by atoms with Gasteiger partial charge in [0.2, 0.25) is 0 Å². The lowest BCUT2D eigenvalue weighted by atomic mass is 9.44. The number of hydrogen-bond acceptors (Lipinski definition) is 8. The summed E-state index contributed by atoms with van der Waals surface area (Å²) in [6.45, 7) is 9.18. The lowest BCUT2D eigenvalue weighted by Gasteiger charge is -2.64. The van der Waals surface area contributed by atoms with Crippen LogP contribution in [0, 0.1) is 39.2 Å². The van der Waals surface area contributed by atoms with E-state index in [1.54, 1.807) is 12.1 Å². The Labute approximate surface area is 319 Å². The molecule has 3 aromatic carbocycles. The number of piperidine rings is 1. The molecule has 4 aliphatic carbocycles. The van der Waals surface area contributed by atoms with Crippen LogP contribution in [0.15, 0.2) is 77.7 Å². The van der Waals surface area contributed by atoms with Gasteiger partial charge < -0.3 is 15.1 Å². The highest BCUT2D eigenvalue weighted by molar-refractivity contribution is 7.90. The van der Waals surface area contributed by atoms with E-state index in [9.17, 15) is 28.1 Å². The van der Waals surface area contributed by atoms with Gasteiger partial charge in [0.15, 0.2) is 0 Å². The van der Waals surface area contributed by atoms with Gasteiger partial charge in [-0.05, 0) is 116 Å². The Bertz CT molecular complexity index is 1960. The normalized spacial score (nSPS) is 24.2. The summed E-state index contributed by atoms with van der Waals surface area (Å²) in [7, 11) is -4.38. The number of nitro benzene ring substituents is 1. The molecule has 2 N–H and O–H groups in total. The number of carbonyl (C=O) groups is 2. The molecule has 8 rings (SSSR count). The highest BCUT2D eigenvalue weighted by Crippen LogP contribution is 2.62. The lowest BCUT2D eigenvalue weighted by Crippen LogP contribution is -2.63. The quantitative estimate of drug-likeness (QED) is 0.149. The second-order valence-electron chi connectivity index (χ2n) is 16.6. The summed E-state index contributed by atoms with van der Waals surface area (Å²) in [6, 6.07) is 20.5. The number of anilines is 2. The first-order chi connectivity index (χ1) is 25.8. The summed E-state index contributed by atoms with van der Waals surface area (Å²) < 4.78 is 28.5. The fraction of sp³-hybridized carbons (Fsp3) is 0.524. The molecule has 2 amide bonds. The fourth-order valence-corrected chi connectivity index (χ4v) is 10.9. The maximum absolute atomic E-state index is 14.2. The zero-order chi connectivity index (χ0) is 38.2. The SMILES string of the molecule is C[C@@H]1[C@@H](N(C(=O)c2ccccc2)C2CCN(c3ccc(C(=O)NS(=O)(=O)c4ccc(NCC5CCCCC5)c([N+](=O)[O-])c4)cc3)CC2)C[C@H]2C[C@@H]1C2(C)C. The molecule has 2 bridgehead atoms. The van der Waals surface area contributed by atoms with Crippen LogP contribution in [0.4, 0.5) is 17.1 Å². The second kappa shape index (κ2) is 15.4. The van der Waals surface area contributed by atoms with Crippen LogP contribution in [0.1, 0.15) is 99.3 Å². The Balaban J connectivity index is 0.986. The molecule has 0 spiro atoms. The van der Waals surface area contributed by atoms with Crippen LogP contribution in [0.2, 0.25) is 0 Å². The van der Waals surface area contributed by atoms with Gasteiger partial charge in [-0.3, -0.25) is 19.7 Å². The average molecular weight is 756 g/mol. The van der Waals surface area contributed by atoms with Crippen LogP contribution >= 0.6 is 0 Å².